The fourth-order valence-electron chi connectivity index (χ4n) is 2.52. The predicted octanol–water partition coefficient (Wildman–Crippen LogP) is 2.40. The Hall–Kier alpha value is -0.450. The van der Waals surface area contributed by atoms with Gasteiger partial charge in [-0.15, -0.1) is 11.3 Å². The first-order valence-electron chi connectivity index (χ1n) is 6.44. The SMILES string of the molecule is CCNCC1(Cc2csc(C)n2)CCCOC1. The molecule has 0 amide bonds. The van der Waals surface area contributed by atoms with Crippen LogP contribution in [0.5, 0.6) is 0 Å². The average Bonchev–Trinajstić information content (AvgIpc) is 2.73. The van der Waals surface area contributed by atoms with Crippen molar-refractivity contribution in [3.8, 4) is 0 Å². The molecule has 1 aromatic heterocycles. The smallest absolute Gasteiger partial charge is 0.0897 e. The van der Waals surface area contributed by atoms with Crippen molar-refractivity contribution in [2.24, 2.45) is 5.41 Å². The second-order valence-electron chi connectivity index (χ2n) is 4.97. The summed E-state index contributed by atoms with van der Waals surface area (Å²) in [5, 5.41) is 6.84. The van der Waals surface area contributed by atoms with Crippen LogP contribution in [0.25, 0.3) is 0 Å². The van der Waals surface area contributed by atoms with Crippen LogP contribution in [0.2, 0.25) is 0 Å². The Morgan fingerprint density at radius 2 is 2.47 bits per heavy atom. The van der Waals surface area contributed by atoms with Crippen molar-refractivity contribution < 1.29 is 4.74 Å². The molecule has 0 bridgehead atoms. The van der Waals surface area contributed by atoms with Crippen molar-refractivity contribution in [3.63, 3.8) is 0 Å². The number of hydrogen-bond acceptors (Lipinski definition) is 4. The fraction of sp³-hybridized carbons (Fsp3) is 0.769. The maximum atomic E-state index is 5.70. The molecule has 0 saturated carbocycles. The van der Waals surface area contributed by atoms with E-state index in [1.807, 2.05) is 0 Å². The molecule has 0 radical (unpaired) electrons. The van der Waals surface area contributed by atoms with Crippen LogP contribution < -0.4 is 5.32 Å². The van der Waals surface area contributed by atoms with Gasteiger partial charge in [0.15, 0.2) is 0 Å². The molecule has 96 valence electrons. The van der Waals surface area contributed by atoms with Gasteiger partial charge in [-0.2, -0.15) is 0 Å². The number of nitrogens with zero attached hydrogens (tertiary/aromatic N) is 1. The number of aromatic nitrogens is 1. The molecule has 1 fully saturated rings. The molecule has 17 heavy (non-hydrogen) atoms. The fourth-order valence-corrected chi connectivity index (χ4v) is 3.13. The van der Waals surface area contributed by atoms with Crippen molar-refractivity contribution >= 4 is 11.3 Å². The zero-order valence-corrected chi connectivity index (χ0v) is 11.6. The van der Waals surface area contributed by atoms with Crippen LogP contribution in [0.15, 0.2) is 5.38 Å². The first kappa shape index (κ1) is 13.0. The highest BCUT2D eigenvalue weighted by atomic mass is 32.1. The molecule has 4 heteroatoms. The summed E-state index contributed by atoms with van der Waals surface area (Å²) in [7, 11) is 0. The Labute approximate surface area is 108 Å². The van der Waals surface area contributed by atoms with E-state index in [0.29, 0.717) is 0 Å². The first-order valence-corrected chi connectivity index (χ1v) is 7.31. The van der Waals surface area contributed by atoms with Gasteiger partial charge in [0, 0.05) is 23.9 Å². The second-order valence-corrected chi connectivity index (χ2v) is 6.03. The van der Waals surface area contributed by atoms with E-state index in [-0.39, 0.29) is 5.41 Å². The summed E-state index contributed by atoms with van der Waals surface area (Å²) < 4.78 is 5.70. The van der Waals surface area contributed by atoms with Gasteiger partial charge < -0.3 is 10.1 Å². The third-order valence-corrected chi connectivity index (χ3v) is 4.20. The number of rotatable bonds is 5. The Morgan fingerprint density at radius 3 is 3.06 bits per heavy atom. The van der Waals surface area contributed by atoms with Gasteiger partial charge in [-0.3, -0.25) is 0 Å². The van der Waals surface area contributed by atoms with Crippen molar-refractivity contribution in [3.05, 3.63) is 16.1 Å². The van der Waals surface area contributed by atoms with Crippen LogP contribution in [0.3, 0.4) is 0 Å². The molecule has 1 saturated heterocycles. The maximum absolute atomic E-state index is 5.70. The largest absolute Gasteiger partial charge is 0.381 e. The summed E-state index contributed by atoms with van der Waals surface area (Å²) in [6.45, 7) is 8.09. The second kappa shape index (κ2) is 5.94. The average molecular weight is 254 g/mol. The minimum atomic E-state index is 0.259. The van der Waals surface area contributed by atoms with Crippen molar-refractivity contribution in [2.45, 2.75) is 33.1 Å². The van der Waals surface area contributed by atoms with Gasteiger partial charge in [0.05, 0.1) is 17.3 Å². The van der Waals surface area contributed by atoms with E-state index >= 15 is 0 Å². The number of aryl methyl sites for hydroxylation is 1. The molecule has 0 aromatic carbocycles. The van der Waals surface area contributed by atoms with Gasteiger partial charge in [-0.25, -0.2) is 4.98 Å². The highest BCUT2D eigenvalue weighted by Gasteiger charge is 2.33. The molecule has 0 aliphatic carbocycles. The van der Waals surface area contributed by atoms with Gasteiger partial charge in [-0.05, 0) is 32.7 Å². The summed E-state index contributed by atoms with van der Waals surface area (Å²) in [5.41, 5.74) is 1.49. The lowest BCUT2D eigenvalue weighted by atomic mass is 9.78. The highest BCUT2D eigenvalue weighted by Crippen LogP contribution is 2.32. The summed E-state index contributed by atoms with van der Waals surface area (Å²) in [5.74, 6) is 0. The molecule has 1 aliphatic rings. The van der Waals surface area contributed by atoms with E-state index < -0.39 is 0 Å². The third-order valence-electron chi connectivity index (χ3n) is 3.38. The van der Waals surface area contributed by atoms with E-state index in [1.54, 1.807) is 11.3 Å². The van der Waals surface area contributed by atoms with Crippen molar-refractivity contribution in [2.75, 3.05) is 26.3 Å². The van der Waals surface area contributed by atoms with Crippen LogP contribution in [-0.4, -0.2) is 31.3 Å². The van der Waals surface area contributed by atoms with Gasteiger partial charge >= 0.3 is 0 Å². The molecule has 1 aliphatic heterocycles. The molecule has 0 spiro atoms. The lowest BCUT2D eigenvalue weighted by Crippen LogP contribution is -2.42. The summed E-state index contributed by atoms with van der Waals surface area (Å²) in [6.07, 6.45) is 3.47. The molecular weight excluding hydrogens is 232 g/mol. The standard InChI is InChI=1S/C13H22N2OS/c1-3-14-9-13(5-4-6-16-10-13)7-12-8-17-11(2)15-12/h8,14H,3-7,9-10H2,1-2H3. The number of nitrogens with one attached hydrogen (secondary N) is 1. The quantitative estimate of drug-likeness (QED) is 0.876. The van der Waals surface area contributed by atoms with Gasteiger partial charge in [-0.1, -0.05) is 6.92 Å². The van der Waals surface area contributed by atoms with Crippen LogP contribution in [0, 0.1) is 12.3 Å². The van der Waals surface area contributed by atoms with Gasteiger partial charge in [0.1, 0.15) is 0 Å². The molecule has 1 aromatic rings. The van der Waals surface area contributed by atoms with E-state index in [4.69, 9.17) is 4.74 Å². The zero-order chi connectivity index (χ0) is 12.1. The lowest BCUT2D eigenvalue weighted by molar-refractivity contribution is -0.00733. The minimum absolute atomic E-state index is 0.259. The third kappa shape index (κ3) is 3.50. The Kier molecular flexibility index (Phi) is 4.54. The van der Waals surface area contributed by atoms with Gasteiger partial charge in [0.25, 0.3) is 0 Å². The maximum Gasteiger partial charge on any atom is 0.0897 e. The number of thiazole rings is 1. The molecule has 3 nitrogen and oxygen atoms in total. The molecular formula is C13H22N2OS. The number of ether oxygens (including phenoxy) is 1. The summed E-state index contributed by atoms with van der Waals surface area (Å²) in [6, 6.07) is 0. The van der Waals surface area contributed by atoms with Crippen molar-refractivity contribution in [1.82, 2.24) is 10.3 Å². The van der Waals surface area contributed by atoms with Gasteiger partial charge in [0.2, 0.25) is 0 Å². The zero-order valence-electron chi connectivity index (χ0n) is 10.8. The number of hydrogen-bond donors (Lipinski definition) is 1. The van der Waals surface area contributed by atoms with Crippen LogP contribution >= 0.6 is 11.3 Å². The molecule has 1 atom stereocenters. The van der Waals surface area contributed by atoms with E-state index in [0.717, 1.165) is 37.7 Å². The Bertz CT molecular complexity index is 345. The van der Waals surface area contributed by atoms with Crippen LogP contribution in [-0.2, 0) is 11.2 Å². The summed E-state index contributed by atoms with van der Waals surface area (Å²) in [4.78, 5) is 4.59. The van der Waals surface area contributed by atoms with E-state index in [1.165, 1.54) is 18.5 Å². The normalized spacial score (nSPS) is 25.1. The molecule has 1 N–H and O–H groups in total. The Balaban J connectivity index is 2.03. The predicted molar refractivity (Wildman–Crippen MR) is 71.6 cm³/mol. The minimum Gasteiger partial charge on any atom is -0.381 e. The van der Waals surface area contributed by atoms with Crippen molar-refractivity contribution in [1.29, 1.82) is 0 Å². The van der Waals surface area contributed by atoms with Crippen LogP contribution in [0.4, 0.5) is 0 Å². The topological polar surface area (TPSA) is 34.2 Å². The van der Waals surface area contributed by atoms with E-state index in [2.05, 4.69) is 29.5 Å². The molecule has 2 rings (SSSR count). The first-order chi connectivity index (χ1) is 8.24. The lowest BCUT2D eigenvalue weighted by Gasteiger charge is -2.37. The van der Waals surface area contributed by atoms with Crippen LogP contribution in [0.1, 0.15) is 30.5 Å². The molecule has 1 unspecified atom stereocenters. The van der Waals surface area contributed by atoms with E-state index in [9.17, 15) is 0 Å². The molecule has 2 heterocycles. The Morgan fingerprint density at radius 1 is 1.59 bits per heavy atom. The monoisotopic (exact) mass is 254 g/mol. The summed E-state index contributed by atoms with van der Waals surface area (Å²) >= 11 is 1.74. The highest BCUT2D eigenvalue weighted by molar-refractivity contribution is 7.09.